The summed E-state index contributed by atoms with van der Waals surface area (Å²) in [6.45, 7) is 2.08. The van der Waals surface area contributed by atoms with E-state index in [0.717, 1.165) is 22.7 Å². The van der Waals surface area contributed by atoms with Crippen molar-refractivity contribution in [3.05, 3.63) is 56.5 Å². The number of halogens is 2. The fraction of sp³-hybridized carbons (Fsp3) is 0.375. The Morgan fingerprint density at radius 3 is 3.05 bits per heavy atom. The number of rotatable bonds is 3. The van der Waals surface area contributed by atoms with Gasteiger partial charge in [-0.3, -0.25) is 0 Å². The second-order valence-electron chi connectivity index (χ2n) is 5.32. The van der Waals surface area contributed by atoms with Crippen molar-refractivity contribution < 1.29 is 4.39 Å². The summed E-state index contributed by atoms with van der Waals surface area (Å²) in [5.74, 6) is -0.181. The molecule has 0 radical (unpaired) electrons. The van der Waals surface area contributed by atoms with E-state index in [2.05, 4.69) is 18.3 Å². The van der Waals surface area contributed by atoms with Crippen LogP contribution in [0.3, 0.4) is 0 Å². The minimum Gasteiger partial charge on any atom is -0.303 e. The molecule has 3 rings (SSSR count). The molecule has 4 heteroatoms. The zero-order chi connectivity index (χ0) is 14.1. The van der Waals surface area contributed by atoms with Gasteiger partial charge in [-0.1, -0.05) is 23.7 Å². The molecule has 106 valence electrons. The molecule has 1 aromatic carbocycles. The van der Waals surface area contributed by atoms with Gasteiger partial charge >= 0.3 is 0 Å². The largest absolute Gasteiger partial charge is 0.303 e. The maximum absolute atomic E-state index is 13.3. The van der Waals surface area contributed by atoms with Gasteiger partial charge < -0.3 is 5.32 Å². The molecule has 1 heterocycles. The molecule has 1 aliphatic carbocycles. The van der Waals surface area contributed by atoms with Gasteiger partial charge in [-0.2, -0.15) is 0 Å². The van der Waals surface area contributed by atoms with E-state index >= 15 is 0 Å². The van der Waals surface area contributed by atoms with Gasteiger partial charge in [-0.05, 0) is 55.5 Å². The Morgan fingerprint density at radius 2 is 2.25 bits per heavy atom. The molecule has 2 atom stereocenters. The van der Waals surface area contributed by atoms with Crippen molar-refractivity contribution in [3.8, 4) is 0 Å². The van der Waals surface area contributed by atoms with Crippen LogP contribution >= 0.6 is 22.9 Å². The fourth-order valence-corrected chi connectivity index (χ4v) is 4.25. The van der Waals surface area contributed by atoms with E-state index in [-0.39, 0.29) is 11.9 Å². The summed E-state index contributed by atoms with van der Waals surface area (Å²) < 4.78 is 14.2. The fourth-order valence-electron chi connectivity index (χ4n) is 2.87. The summed E-state index contributed by atoms with van der Waals surface area (Å²) >= 11 is 7.82. The molecule has 1 nitrogen and oxygen atoms in total. The van der Waals surface area contributed by atoms with E-state index in [1.807, 2.05) is 6.07 Å². The molecule has 0 saturated carbocycles. The van der Waals surface area contributed by atoms with Gasteiger partial charge in [-0.25, -0.2) is 4.39 Å². The minimum atomic E-state index is -0.181. The number of benzene rings is 1. The SMILES string of the molecule is C[C@H](NC1CCCc2sc(Cl)cc21)c1cccc(F)c1. The Morgan fingerprint density at radius 1 is 1.40 bits per heavy atom. The molecule has 0 bridgehead atoms. The lowest BCUT2D eigenvalue weighted by Gasteiger charge is -2.27. The topological polar surface area (TPSA) is 12.0 Å². The van der Waals surface area contributed by atoms with Gasteiger partial charge in [0, 0.05) is 17.0 Å². The maximum atomic E-state index is 13.3. The maximum Gasteiger partial charge on any atom is 0.123 e. The predicted molar refractivity (Wildman–Crippen MR) is 83.0 cm³/mol. The van der Waals surface area contributed by atoms with E-state index in [9.17, 15) is 4.39 Å². The Kier molecular flexibility index (Phi) is 4.11. The molecule has 0 aliphatic heterocycles. The van der Waals surface area contributed by atoms with Crippen LogP contribution in [-0.2, 0) is 6.42 Å². The third-order valence-corrected chi connectivity index (χ3v) is 5.22. The molecule has 1 unspecified atom stereocenters. The number of hydrogen-bond acceptors (Lipinski definition) is 2. The molecule has 1 N–H and O–H groups in total. The van der Waals surface area contributed by atoms with Crippen LogP contribution in [0.1, 0.15) is 47.9 Å². The molecule has 0 amide bonds. The average molecular weight is 310 g/mol. The second kappa shape index (κ2) is 5.84. The van der Waals surface area contributed by atoms with Crippen molar-refractivity contribution in [1.29, 1.82) is 0 Å². The first-order chi connectivity index (χ1) is 9.63. The lowest BCUT2D eigenvalue weighted by atomic mass is 9.93. The highest BCUT2D eigenvalue weighted by Crippen LogP contribution is 2.38. The van der Waals surface area contributed by atoms with Crippen LogP contribution in [0, 0.1) is 5.82 Å². The van der Waals surface area contributed by atoms with Gasteiger partial charge in [0.1, 0.15) is 5.82 Å². The van der Waals surface area contributed by atoms with Crippen LogP contribution in [0.5, 0.6) is 0 Å². The molecular weight excluding hydrogens is 293 g/mol. The summed E-state index contributed by atoms with van der Waals surface area (Å²) in [7, 11) is 0. The van der Waals surface area contributed by atoms with Gasteiger partial charge in [0.05, 0.1) is 4.34 Å². The highest BCUT2D eigenvalue weighted by molar-refractivity contribution is 7.16. The Balaban J connectivity index is 1.78. The van der Waals surface area contributed by atoms with Crippen molar-refractivity contribution in [3.63, 3.8) is 0 Å². The zero-order valence-electron chi connectivity index (χ0n) is 11.3. The number of thiophene rings is 1. The number of hydrogen-bond donors (Lipinski definition) is 1. The summed E-state index contributed by atoms with van der Waals surface area (Å²) in [6, 6.07) is 9.33. The van der Waals surface area contributed by atoms with E-state index in [1.54, 1.807) is 23.5 Å². The molecular formula is C16H17ClFNS. The first kappa shape index (κ1) is 14.1. The van der Waals surface area contributed by atoms with Crippen molar-refractivity contribution in [2.45, 2.75) is 38.3 Å². The van der Waals surface area contributed by atoms with Crippen LogP contribution in [0.2, 0.25) is 4.34 Å². The molecule has 1 aromatic heterocycles. The predicted octanol–water partition coefficient (Wildman–Crippen LogP) is 5.27. The van der Waals surface area contributed by atoms with Gasteiger partial charge in [0.25, 0.3) is 0 Å². The highest BCUT2D eigenvalue weighted by atomic mass is 35.5. The summed E-state index contributed by atoms with van der Waals surface area (Å²) in [5.41, 5.74) is 2.31. The molecule has 1 aliphatic rings. The third kappa shape index (κ3) is 2.90. The van der Waals surface area contributed by atoms with E-state index in [0.29, 0.717) is 6.04 Å². The smallest absolute Gasteiger partial charge is 0.123 e. The van der Waals surface area contributed by atoms with E-state index in [1.165, 1.54) is 22.9 Å². The zero-order valence-corrected chi connectivity index (χ0v) is 12.9. The molecule has 0 fully saturated rings. The van der Waals surface area contributed by atoms with Crippen molar-refractivity contribution >= 4 is 22.9 Å². The number of fused-ring (bicyclic) bond motifs is 1. The van der Waals surface area contributed by atoms with Crippen molar-refractivity contribution in [2.24, 2.45) is 0 Å². The number of nitrogens with one attached hydrogen (secondary N) is 1. The molecule has 0 spiro atoms. The van der Waals surface area contributed by atoms with Gasteiger partial charge in [0.2, 0.25) is 0 Å². The molecule has 20 heavy (non-hydrogen) atoms. The minimum absolute atomic E-state index is 0.125. The van der Waals surface area contributed by atoms with E-state index in [4.69, 9.17) is 11.6 Å². The van der Waals surface area contributed by atoms with Crippen LogP contribution in [-0.4, -0.2) is 0 Å². The van der Waals surface area contributed by atoms with Gasteiger partial charge in [0.15, 0.2) is 0 Å². The lowest BCUT2D eigenvalue weighted by molar-refractivity contribution is 0.417. The normalized spacial score (nSPS) is 19.6. The van der Waals surface area contributed by atoms with E-state index < -0.39 is 0 Å². The standard InChI is InChI=1S/C16H17ClFNS/c1-10(11-4-2-5-12(18)8-11)19-14-6-3-7-15-13(14)9-16(17)20-15/h2,4-5,8-10,14,19H,3,6-7H2,1H3/t10-,14?/m0/s1. The monoisotopic (exact) mass is 309 g/mol. The number of aryl methyl sites for hydroxylation is 1. The highest BCUT2D eigenvalue weighted by Gasteiger charge is 2.24. The summed E-state index contributed by atoms with van der Waals surface area (Å²) in [4.78, 5) is 1.39. The van der Waals surface area contributed by atoms with Crippen LogP contribution in [0.15, 0.2) is 30.3 Å². The lowest BCUT2D eigenvalue weighted by Crippen LogP contribution is -2.27. The Bertz CT molecular complexity index is 610. The van der Waals surface area contributed by atoms with Crippen LogP contribution in [0.25, 0.3) is 0 Å². The van der Waals surface area contributed by atoms with Crippen molar-refractivity contribution in [1.82, 2.24) is 5.32 Å². The summed E-state index contributed by atoms with van der Waals surface area (Å²) in [6.07, 6.45) is 3.41. The van der Waals surface area contributed by atoms with Crippen LogP contribution < -0.4 is 5.32 Å². The second-order valence-corrected chi connectivity index (χ2v) is 7.09. The van der Waals surface area contributed by atoms with Crippen LogP contribution in [0.4, 0.5) is 4.39 Å². The Labute approximate surface area is 127 Å². The average Bonchev–Trinajstić information content (AvgIpc) is 2.80. The third-order valence-electron chi connectivity index (χ3n) is 3.88. The first-order valence-electron chi connectivity index (χ1n) is 6.93. The Hall–Kier alpha value is -0.900. The molecule has 0 saturated heterocycles. The van der Waals surface area contributed by atoms with Gasteiger partial charge in [-0.15, -0.1) is 11.3 Å². The molecule has 2 aromatic rings. The first-order valence-corrected chi connectivity index (χ1v) is 8.12. The van der Waals surface area contributed by atoms with Crippen molar-refractivity contribution in [2.75, 3.05) is 0 Å². The quantitative estimate of drug-likeness (QED) is 0.814. The summed E-state index contributed by atoms with van der Waals surface area (Å²) in [5, 5.41) is 3.61.